The molecule has 45 heavy (non-hydrogen) atoms. The molecule has 13 nitrogen and oxygen atoms in total. The number of carboxylic acids is 1. The third-order valence-corrected chi connectivity index (χ3v) is 10.5. The average molecular weight is 662 g/mol. The lowest BCUT2D eigenvalue weighted by atomic mass is 9.87. The number of benzene rings is 1. The van der Waals surface area contributed by atoms with Gasteiger partial charge in [-0.05, 0) is 42.2 Å². The summed E-state index contributed by atoms with van der Waals surface area (Å²) in [4.78, 5) is 46.7. The van der Waals surface area contributed by atoms with Crippen LogP contribution >= 0.6 is 11.3 Å². The number of methoxy groups -OCH3 is 2. The third-order valence-electron chi connectivity index (χ3n) is 7.71. The molecule has 0 bridgehead atoms. The van der Waals surface area contributed by atoms with Gasteiger partial charge in [0.25, 0.3) is 5.91 Å². The number of sulfonamides is 1. The number of thiazole rings is 1. The minimum absolute atomic E-state index is 0.00655. The number of pyridine rings is 1. The maximum Gasteiger partial charge on any atom is 0.304 e. The van der Waals surface area contributed by atoms with E-state index in [1.165, 1.54) is 30.6 Å². The zero-order chi connectivity index (χ0) is 32.4. The molecule has 3 N–H and O–H groups in total. The molecule has 1 fully saturated rings. The third kappa shape index (κ3) is 9.26. The molecule has 3 aromatic rings. The van der Waals surface area contributed by atoms with Gasteiger partial charge in [-0.3, -0.25) is 14.4 Å². The van der Waals surface area contributed by atoms with E-state index in [9.17, 15) is 22.8 Å². The lowest BCUT2D eigenvalue weighted by molar-refractivity contribution is -0.137. The van der Waals surface area contributed by atoms with Gasteiger partial charge in [0.15, 0.2) is 5.13 Å². The van der Waals surface area contributed by atoms with Gasteiger partial charge in [0, 0.05) is 33.9 Å². The Bertz CT molecular complexity index is 1570. The predicted molar refractivity (Wildman–Crippen MR) is 169 cm³/mol. The summed E-state index contributed by atoms with van der Waals surface area (Å²) in [6.45, 7) is 0.672. The molecule has 0 radical (unpaired) electrons. The Morgan fingerprint density at radius 1 is 1.02 bits per heavy atom. The van der Waals surface area contributed by atoms with Crippen LogP contribution in [0.1, 0.15) is 60.5 Å². The molecular formula is C30H39N5O8S2. The van der Waals surface area contributed by atoms with Crippen LogP contribution in [0, 0.1) is 5.92 Å². The molecule has 2 amide bonds. The van der Waals surface area contributed by atoms with Crippen LogP contribution in [0.2, 0.25) is 0 Å². The summed E-state index contributed by atoms with van der Waals surface area (Å²) in [5, 5.41) is 15.1. The summed E-state index contributed by atoms with van der Waals surface area (Å²) in [6.07, 6.45) is 4.52. The van der Waals surface area contributed by atoms with Gasteiger partial charge in [-0.25, -0.2) is 18.4 Å². The minimum atomic E-state index is -3.99. The van der Waals surface area contributed by atoms with Crippen molar-refractivity contribution in [2.75, 3.05) is 52.4 Å². The fourth-order valence-electron chi connectivity index (χ4n) is 5.31. The molecule has 15 heteroatoms. The number of ether oxygens (including phenoxy) is 2. The molecule has 1 aliphatic carbocycles. The van der Waals surface area contributed by atoms with Crippen molar-refractivity contribution < 1.29 is 37.4 Å². The standard InChI is InChI=1S/C30H39N5O8S2/c1-42-17-14-31-28(39)24-11-12-25-29(32-24)44-30(33-25)34-27(38)23(19-20-5-3-4-6-20)21-7-9-22(10-8-21)45(40,41)35(16-18-43-2)15-13-26(36)37/h7-12,20,23H,3-6,13-19H2,1-2H3,(H,31,39)(H,36,37)(H,33,34,38)/t23-/m0/s1. The number of fused-ring (bicyclic) bond motifs is 1. The molecule has 2 aromatic heterocycles. The summed E-state index contributed by atoms with van der Waals surface area (Å²) < 4.78 is 37.8. The van der Waals surface area contributed by atoms with Crippen LogP contribution in [0.5, 0.6) is 0 Å². The van der Waals surface area contributed by atoms with Gasteiger partial charge in [0.2, 0.25) is 15.9 Å². The van der Waals surface area contributed by atoms with E-state index in [-0.39, 0.29) is 48.5 Å². The van der Waals surface area contributed by atoms with Crippen molar-refractivity contribution in [2.45, 2.75) is 49.3 Å². The van der Waals surface area contributed by atoms with Crippen molar-refractivity contribution in [1.82, 2.24) is 19.6 Å². The van der Waals surface area contributed by atoms with Crippen molar-refractivity contribution in [3.05, 3.63) is 47.7 Å². The highest BCUT2D eigenvalue weighted by atomic mass is 32.2. The number of aliphatic carboxylic acids is 1. The summed E-state index contributed by atoms with van der Waals surface area (Å²) in [7, 11) is -1.00. The Balaban J connectivity index is 1.53. The number of carbonyl (C=O) groups is 3. The fraction of sp³-hybridized carbons (Fsp3) is 0.500. The summed E-state index contributed by atoms with van der Waals surface area (Å²) >= 11 is 1.17. The molecule has 4 rings (SSSR count). The van der Waals surface area contributed by atoms with E-state index in [1.54, 1.807) is 31.4 Å². The molecule has 244 valence electrons. The quantitative estimate of drug-likeness (QED) is 0.182. The highest BCUT2D eigenvalue weighted by Gasteiger charge is 2.29. The van der Waals surface area contributed by atoms with Crippen LogP contribution < -0.4 is 10.6 Å². The molecular weight excluding hydrogens is 622 g/mol. The maximum atomic E-state index is 13.7. The van der Waals surface area contributed by atoms with E-state index in [2.05, 4.69) is 20.6 Å². The first-order valence-electron chi connectivity index (χ1n) is 14.8. The van der Waals surface area contributed by atoms with Crippen molar-refractivity contribution in [3.8, 4) is 0 Å². The lowest BCUT2D eigenvalue weighted by Crippen LogP contribution is -2.35. The second-order valence-corrected chi connectivity index (χ2v) is 13.7. The molecule has 0 spiro atoms. The Hall–Kier alpha value is -3.50. The Labute approximate surface area is 266 Å². The van der Waals surface area contributed by atoms with E-state index in [0.717, 1.165) is 30.0 Å². The minimum Gasteiger partial charge on any atom is -0.481 e. The van der Waals surface area contributed by atoms with Gasteiger partial charge in [-0.15, -0.1) is 0 Å². The van der Waals surface area contributed by atoms with Crippen LogP contribution in [-0.2, 0) is 29.1 Å². The van der Waals surface area contributed by atoms with E-state index in [4.69, 9.17) is 14.6 Å². The first kappa shape index (κ1) is 34.4. The van der Waals surface area contributed by atoms with Crippen molar-refractivity contribution >= 4 is 54.6 Å². The van der Waals surface area contributed by atoms with Gasteiger partial charge >= 0.3 is 5.97 Å². The Morgan fingerprint density at radius 2 is 1.73 bits per heavy atom. The highest BCUT2D eigenvalue weighted by molar-refractivity contribution is 7.89. The normalized spacial score (nSPS) is 14.6. The number of hydrogen-bond acceptors (Lipinski definition) is 10. The summed E-state index contributed by atoms with van der Waals surface area (Å²) in [5.41, 5.74) is 1.45. The molecule has 1 aliphatic rings. The van der Waals surface area contributed by atoms with Crippen LogP contribution in [-0.4, -0.2) is 92.6 Å². The van der Waals surface area contributed by atoms with Crippen LogP contribution in [0.25, 0.3) is 10.3 Å². The van der Waals surface area contributed by atoms with Crippen molar-refractivity contribution in [1.29, 1.82) is 0 Å². The van der Waals surface area contributed by atoms with Crippen molar-refractivity contribution in [2.24, 2.45) is 5.92 Å². The summed E-state index contributed by atoms with van der Waals surface area (Å²) in [5.74, 6) is -1.89. The summed E-state index contributed by atoms with van der Waals surface area (Å²) in [6, 6.07) is 9.47. The maximum absolute atomic E-state index is 13.7. The zero-order valence-corrected chi connectivity index (χ0v) is 27.0. The number of rotatable bonds is 17. The number of nitrogens with zero attached hydrogens (tertiary/aromatic N) is 3. The van der Waals surface area contributed by atoms with Gasteiger partial charge in [-0.1, -0.05) is 49.2 Å². The number of nitrogens with one attached hydrogen (secondary N) is 2. The number of carboxylic acid groups (broad SMARTS) is 1. The number of carbonyl (C=O) groups excluding carboxylic acids is 2. The number of anilines is 1. The van der Waals surface area contributed by atoms with E-state index in [0.29, 0.717) is 46.5 Å². The zero-order valence-electron chi connectivity index (χ0n) is 25.4. The van der Waals surface area contributed by atoms with Gasteiger partial charge in [0.05, 0.1) is 30.4 Å². The van der Waals surface area contributed by atoms with Crippen LogP contribution in [0.15, 0.2) is 41.3 Å². The van der Waals surface area contributed by atoms with Crippen molar-refractivity contribution in [3.63, 3.8) is 0 Å². The molecule has 0 unspecified atom stereocenters. The smallest absolute Gasteiger partial charge is 0.304 e. The molecule has 0 saturated heterocycles. The van der Waals surface area contributed by atoms with E-state index in [1.807, 2.05) is 0 Å². The van der Waals surface area contributed by atoms with Crippen LogP contribution in [0.3, 0.4) is 0 Å². The van der Waals surface area contributed by atoms with E-state index < -0.39 is 21.9 Å². The Morgan fingerprint density at radius 3 is 2.40 bits per heavy atom. The SMILES string of the molecule is COCCNC(=O)c1ccc2nc(NC(=O)[C@@H](CC3CCCC3)c3ccc(S(=O)(=O)N(CCOC)CCC(=O)O)cc3)sc2n1. The molecule has 1 aromatic carbocycles. The fourth-order valence-corrected chi connectivity index (χ4v) is 7.57. The van der Waals surface area contributed by atoms with Gasteiger partial charge in [-0.2, -0.15) is 4.31 Å². The number of hydrogen-bond donors (Lipinski definition) is 3. The largest absolute Gasteiger partial charge is 0.481 e. The monoisotopic (exact) mass is 661 g/mol. The first-order chi connectivity index (χ1) is 21.6. The molecule has 2 heterocycles. The van der Waals surface area contributed by atoms with E-state index >= 15 is 0 Å². The average Bonchev–Trinajstić information content (AvgIpc) is 3.68. The number of aromatic nitrogens is 2. The second-order valence-electron chi connectivity index (χ2n) is 10.8. The molecule has 1 saturated carbocycles. The first-order valence-corrected chi connectivity index (χ1v) is 17.0. The van der Waals surface area contributed by atoms with Gasteiger partial charge < -0.3 is 25.2 Å². The van der Waals surface area contributed by atoms with Gasteiger partial charge in [0.1, 0.15) is 16.0 Å². The molecule has 1 atom stereocenters. The number of amides is 2. The highest BCUT2D eigenvalue weighted by Crippen LogP contribution is 2.36. The Kier molecular flexibility index (Phi) is 12.4. The second kappa shape index (κ2) is 16.2. The lowest BCUT2D eigenvalue weighted by Gasteiger charge is -2.23. The van der Waals surface area contributed by atoms with Crippen LogP contribution in [0.4, 0.5) is 5.13 Å². The topological polar surface area (TPSA) is 177 Å². The molecule has 0 aliphatic heterocycles. The predicted octanol–water partition coefficient (Wildman–Crippen LogP) is 3.48.